The number of amides is 1. The zero-order valence-corrected chi connectivity index (χ0v) is 11.0. The van der Waals surface area contributed by atoms with E-state index < -0.39 is 0 Å². The molecule has 0 saturated carbocycles. The van der Waals surface area contributed by atoms with Gasteiger partial charge in [-0.1, -0.05) is 12.1 Å². The van der Waals surface area contributed by atoms with Crippen LogP contribution < -0.4 is 11.1 Å². The summed E-state index contributed by atoms with van der Waals surface area (Å²) < 4.78 is 1.95. The highest BCUT2D eigenvalue weighted by atomic mass is 16.1. The van der Waals surface area contributed by atoms with Gasteiger partial charge in [-0.05, 0) is 24.6 Å². The summed E-state index contributed by atoms with van der Waals surface area (Å²) in [6.45, 7) is 3.02. The second-order valence-electron chi connectivity index (χ2n) is 4.37. The first-order valence-electron chi connectivity index (χ1n) is 6.25. The topological polar surface area (TPSA) is 72.9 Å². The van der Waals surface area contributed by atoms with Crippen molar-refractivity contribution in [2.24, 2.45) is 5.73 Å². The van der Waals surface area contributed by atoms with Crippen LogP contribution in [0.1, 0.15) is 17.8 Å². The fraction of sp³-hybridized carbons (Fsp3) is 0.286. The molecule has 0 aliphatic heterocycles. The molecule has 1 heterocycles. The van der Waals surface area contributed by atoms with Gasteiger partial charge in [0.15, 0.2) is 0 Å². The van der Waals surface area contributed by atoms with E-state index in [-0.39, 0.29) is 5.91 Å². The van der Waals surface area contributed by atoms with Crippen LogP contribution in [0, 0.1) is 6.92 Å². The van der Waals surface area contributed by atoms with E-state index in [1.165, 1.54) is 0 Å². The molecule has 5 heteroatoms. The third-order valence-corrected chi connectivity index (χ3v) is 2.95. The predicted octanol–water partition coefficient (Wildman–Crippen LogP) is 1.68. The average Bonchev–Trinajstić information content (AvgIpc) is 2.82. The van der Waals surface area contributed by atoms with Gasteiger partial charge in [0, 0.05) is 37.6 Å². The van der Waals surface area contributed by atoms with Crippen LogP contribution in [0.4, 0.5) is 5.69 Å². The normalized spacial score (nSPS) is 10.4. The number of imidazole rings is 1. The lowest BCUT2D eigenvalue weighted by molar-refractivity contribution is -0.116. The second kappa shape index (κ2) is 6.15. The fourth-order valence-corrected chi connectivity index (χ4v) is 1.86. The minimum atomic E-state index is -0.0118. The van der Waals surface area contributed by atoms with Gasteiger partial charge in [-0.3, -0.25) is 4.79 Å². The van der Waals surface area contributed by atoms with Gasteiger partial charge in [-0.2, -0.15) is 0 Å². The molecule has 0 fully saturated rings. The number of hydrogen-bond donors (Lipinski definition) is 2. The van der Waals surface area contributed by atoms with Crippen molar-refractivity contribution in [2.75, 3.05) is 5.32 Å². The van der Waals surface area contributed by atoms with Gasteiger partial charge >= 0.3 is 0 Å². The molecular weight excluding hydrogens is 240 g/mol. The molecular formula is C14H18N4O. The smallest absolute Gasteiger partial charge is 0.226 e. The number of rotatable bonds is 5. The lowest BCUT2D eigenvalue weighted by Crippen LogP contribution is -2.15. The highest BCUT2D eigenvalue weighted by molar-refractivity contribution is 5.90. The van der Waals surface area contributed by atoms with Crippen LogP contribution in [-0.2, 0) is 17.9 Å². The molecule has 19 heavy (non-hydrogen) atoms. The summed E-state index contributed by atoms with van der Waals surface area (Å²) in [5.41, 5.74) is 7.36. The van der Waals surface area contributed by atoms with Crippen LogP contribution in [0.5, 0.6) is 0 Å². The Balaban J connectivity index is 1.89. The van der Waals surface area contributed by atoms with Crippen molar-refractivity contribution in [3.8, 4) is 0 Å². The number of carbonyl (C=O) groups is 1. The van der Waals surface area contributed by atoms with E-state index in [9.17, 15) is 4.79 Å². The number of aryl methyl sites for hydroxylation is 2. The molecule has 0 saturated heterocycles. The molecule has 5 nitrogen and oxygen atoms in total. The van der Waals surface area contributed by atoms with Crippen molar-refractivity contribution < 1.29 is 4.79 Å². The van der Waals surface area contributed by atoms with E-state index in [0.29, 0.717) is 19.5 Å². The van der Waals surface area contributed by atoms with Gasteiger partial charge in [0.1, 0.15) is 5.82 Å². The van der Waals surface area contributed by atoms with Crippen molar-refractivity contribution in [3.63, 3.8) is 0 Å². The summed E-state index contributed by atoms with van der Waals surface area (Å²) in [5.74, 6) is 0.903. The van der Waals surface area contributed by atoms with Crippen LogP contribution in [0.15, 0.2) is 36.7 Å². The number of nitrogens with two attached hydrogens (primary N) is 1. The van der Waals surface area contributed by atoms with Gasteiger partial charge in [0.25, 0.3) is 0 Å². The summed E-state index contributed by atoms with van der Waals surface area (Å²) in [7, 11) is 0. The molecule has 3 N–H and O–H groups in total. The molecule has 0 aliphatic rings. The summed E-state index contributed by atoms with van der Waals surface area (Å²) in [4.78, 5) is 16.0. The maximum Gasteiger partial charge on any atom is 0.226 e. The van der Waals surface area contributed by atoms with E-state index in [4.69, 9.17) is 5.73 Å². The van der Waals surface area contributed by atoms with E-state index in [2.05, 4.69) is 10.3 Å². The van der Waals surface area contributed by atoms with Gasteiger partial charge in [0.2, 0.25) is 5.91 Å². The number of carbonyl (C=O) groups excluding carboxylic acids is 1. The summed E-state index contributed by atoms with van der Waals surface area (Å²) >= 11 is 0. The predicted molar refractivity (Wildman–Crippen MR) is 74.5 cm³/mol. The third kappa shape index (κ3) is 3.66. The number of hydrogen-bond acceptors (Lipinski definition) is 3. The number of aromatic nitrogens is 2. The highest BCUT2D eigenvalue weighted by Gasteiger charge is 2.04. The summed E-state index contributed by atoms with van der Waals surface area (Å²) in [6.07, 6.45) is 4.03. The first kappa shape index (κ1) is 13.3. The molecule has 0 atom stereocenters. The maximum atomic E-state index is 11.8. The van der Waals surface area contributed by atoms with Crippen molar-refractivity contribution in [2.45, 2.75) is 26.4 Å². The zero-order valence-electron chi connectivity index (χ0n) is 11.0. The Labute approximate surface area is 112 Å². The summed E-state index contributed by atoms with van der Waals surface area (Å²) in [5, 5.41) is 2.87. The Morgan fingerprint density at radius 1 is 1.47 bits per heavy atom. The fourth-order valence-electron chi connectivity index (χ4n) is 1.86. The molecule has 0 spiro atoms. The van der Waals surface area contributed by atoms with Crippen molar-refractivity contribution in [3.05, 3.63) is 48.0 Å². The zero-order chi connectivity index (χ0) is 13.7. The lowest BCUT2D eigenvalue weighted by Gasteiger charge is -2.08. The molecule has 2 aromatic rings. The van der Waals surface area contributed by atoms with Crippen LogP contribution in [0.25, 0.3) is 0 Å². The molecule has 1 aromatic carbocycles. The Hall–Kier alpha value is -2.14. The molecule has 0 bridgehead atoms. The van der Waals surface area contributed by atoms with Crippen LogP contribution in [-0.4, -0.2) is 15.5 Å². The van der Waals surface area contributed by atoms with Gasteiger partial charge in [-0.15, -0.1) is 0 Å². The Kier molecular flexibility index (Phi) is 4.30. The molecule has 2 rings (SSSR count). The summed E-state index contributed by atoms with van der Waals surface area (Å²) in [6, 6.07) is 7.57. The van der Waals surface area contributed by atoms with Crippen LogP contribution in [0.2, 0.25) is 0 Å². The van der Waals surface area contributed by atoms with Gasteiger partial charge in [-0.25, -0.2) is 4.98 Å². The Bertz CT molecular complexity index is 562. The third-order valence-electron chi connectivity index (χ3n) is 2.95. The molecule has 100 valence electrons. The van der Waals surface area contributed by atoms with E-state index in [1.807, 2.05) is 42.0 Å². The average molecular weight is 258 g/mol. The second-order valence-corrected chi connectivity index (χ2v) is 4.37. The maximum absolute atomic E-state index is 11.8. The monoisotopic (exact) mass is 258 g/mol. The van der Waals surface area contributed by atoms with Gasteiger partial charge < -0.3 is 15.6 Å². The van der Waals surface area contributed by atoms with Gasteiger partial charge in [0.05, 0.1) is 0 Å². The number of benzene rings is 1. The number of nitrogens with zero attached hydrogens (tertiary/aromatic N) is 2. The molecule has 0 aliphatic carbocycles. The van der Waals surface area contributed by atoms with Crippen LogP contribution >= 0.6 is 0 Å². The molecule has 1 amide bonds. The van der Waals surface area contributed by atoms with E-state index in [1.54, 1.807) is 6.20 Å². The Morgan fingerprint density at radius 2 is 2.32 bits per heavy atom. The van der Waals surface area contributed by atoms with Crippen molar-refractivity contribution >= 4 is 11.6 Å². The SMILES string of the molecule is Cc1nccn1CCC(=O)Nc1cccc(CN)c1. The van der Waals surface area contributed by atoms with E-state index in [0.717, 1.165) is 17.1 Å². The first-order valence-corrected chi connectivity index (χ1v) is 6.25. The minimum Gasteiger partial charge on any atom is -0.335 e. The Morgan fingerprint density at radius 3 is 3.00 bits per heavy atom. The lowest BCUT2D eigenvalue weighted by atomic mass is 10.2. The standard InChI is InChI=1S/C14H18N4O/c1-11-16-6-8-18(11)7-5-14(19)17-13-4-2-3-12(9-13)10-15/h2-4,6,8-9H,5,7,10,15H2,1H3,(H,17,19). The number of nitrogens with one attached hydrogen (secondary N) is 1. The quantitative estimate of drug-likeness (QED) is 0.857. The number of anilines is 1. The van der Waals surface area contributed by atoms with Crippen molar-refractivity contribution in [1.82, 2.24) is 9.55 Å². The molecule has 1 aromatic heterocycles. The highest BCUT2D eigenvalue weighted by Crippen LogP contribution is 2.10. The largest absolute Gasteiger partial charge is 0.335 e. The van der Waals surface area contributed by atoms with E-state index >= 15 is 0 Å². The molecule has 0 radical (unpaired) electrons. The first-order chi connectivity index (χ1) is 9.19. The van der Waals surface area contributed by atoms with Crippen molar-refractivity contribution in [1.29, 1.82) is 0 Å². The van der Waals surface area contributed by atoms with Crippen LogP contribution in [0.3, 0.4) is 0 Å². The molecule has 0 unspecified atom stereocenters. The minimum absolute atomic E-state index is 0.0118.